The summed E-state index contributed by atoms with van der Waals surface area (Å²) in [5.74, 6) is -0.244. The molecule has 1 aliphatic carbocycles. The Balaban J connectivity index is 1.29. The summed E-state index contributed by atoms with van der Waals surface area (Å²) in [5, 5.41) is 6.55. The first-order valence-corrected chi connectivity index (χ1v) is 10.9. The van der Waals surface area contributed by atoms with Crippen molar-refractivity contribution in [2.75, 3.05) is 6.54 Å². The van der Waals surface area contributed by atoms with Crippen LogP contribution >= 0.6 is 0 Å². The van der Waals surface area contributed by atoms with E-state index >= 15 is 0 Å². The van der Waals surface area contributed by atoms with Gasteiger partial charge in [0.1, 0.15) is 23.4 Å². The molecule has 0 saturated carbocycles. The smallest absolute Gasteiger partial charge is 0.325 e. The first kappa shape index (κ1) is 20.3. The minimum absolute atomic E-state index is 0.351. The second-order valence-corrected chi connectivity index (χ2v) is 8.76. The molecule has 0 spiro atoms. The van der Waals surface area contributed by atoms with Gasteiger partial charge in [-0.1, -0.05) is 36.4 Å². The van der Waals surface area contributed by atoms with Crippen molar-refractivity contribution < 1.29 is 18.8 Å². The third-order valence-electron chi connectivity index (χ3n) is 6.50. The zero-order chi connectivity index (χ0) is 22.5. The predicted octanol–water partition coefficient (Wildman–Crippen LogP) is 3.57. The number of carbonyl (C=O) groups excluding carboxylic acids is 3. The summed E-state index contributed by atoms with van der Waals surface area (Å²) >= 11 is 0. The lowest BCUT2D eigenvalue weighted by molar-refractivity contribution is -0.135. The van der Waals surface area contributed by atoms with E-state index in [9.17, 15) is 14.4 Å². The maximum atomic E-state index is 13.2. The average molecular weight is 431 g/mol. The van der Waals surface area contributed by atoms with Gasteiger partial charge in [-0.25, -0.2) is 4.79 Å². The molecule has 1 aliphatic heterocycles. The number of para-hydroxylation sites is 1. The van der Waals surface area contributed by atoms with Crippen LogP contribution in [0.1, 0.15) is 48.8 Å². The van der Waals surface area contributed by atoms with E-state index in [4.69, 9.17) is 4.42 Å². The van der Waals surface area contributed by atoms with E-state index in [2.05, 4.69) is 10.6 Å². The van der Waals surface area contributed by atoms with Gasteiger partial charge in [-0.05, 0) is 61.9 Å². The number of nitrogens with zero attached hydrogens (tertiary/aromatic N) is 1. The highest BCUT2D eigenvalue weighted by Gasteiger charge is 2.49. The van der Waals surface area contributed by atoms with Gasteiger partial charge in [-0.3, -0.25) is 14.5 Å². The van der Waals surface area contributed by atoms with Crippen molar-refractivity contribution in [3.8, 4) is 0 Å². The summed E-state index contributed by atoms with van der Waals surface area (Å²) in [7, 11) is 0. The third-order valence-corrected chi connectivity index (χ3v) is 6.50. The molecule has 1 fully saturated rings. The lowest BCUT2D eigenvalue weighted by Gasteiger charge is -2.23. The standard InChI is InChI=1S/C25H25N3O4/c1-15(21-13-18-6-3-4-9-20(18)32-21)26-22(29)14-28-23(30)25(2,27-24(28)31)19-11-10-16-7-5-8-17(16)12-19/h3-4,6,9-13,15H,5,7-8,14H2,1-2H3,(H,26,29)(H,27,31)/t15-,25-/m0/s1. The summed E-state index contributed by atoms with van der Waals surface area (Å²) in [5.41, 5.74) is 2.82. The number of imide groups is 1. The first-order chi connectivity index (χ1) is 15.3. The first-order valence-electron chi connectivity index (χ1n) is 10.9. The highest BCUT2D eigenvalue weighted by Crippen LogP contribution is 2.32. The summed E-state index contributed by atoms with van der Waals surface area (Å²) in [6.45, 7) is 3.14. The normalized spacial score (nSPS) is 21.0. The van der Waals surface area contributed by atoms with Crippen LogP contribution in [0, 0.1) is 0 Å². The van der Waals surface area contributed by atoms with Gasteiger partial charge < -0.3 is 15.1 Å². The maximum absolute atomic E-state index is 13.2. The molecule has 2 aromatic carbocycles. The molecule has 0 unspecified atom stereocenters. The zero-order valence-corrected chi connectivity index (χ0v) is 18.1. The van der Waals surface area contributed by atoms with E-state index in [1.54, 1.807) is 13.8 Å². The number of hydrogen-bond donors (Lipinski definition) is 2. The van der Waals surface area contributed by atoms with E-state index in [1.165, 1.54) is 11.1 Å². The molecule has 3 aromatic rings. The molecule has 7 nitrogen and oxygen atoms in total. The van der Waals surface area contributed by atoms with E-state index in [-0.39, 0.29) is 6.54 Å². The summed E-state index contributed by atoms with van der Waals surface area (Å²) in [6, 6.07) is 14.4. The van der Waals surface area contributed by atoms with Crippen molar-refractivity contribution in [2.24, 2.45) is 0 Å². The molecule has 0 radical (unpaired) electrons. The third kappa shape index (κ3) is 3.34. The van der Waals surface area contributed by atoms with Crippen molar-refractivity contribution in [3.05, 3.63) is 71.0 Å². The highest BCUT2D eigenvalue weighted by molar-refractivity contribution is 6.09. The van der Waals surface area contributed by atoms with Crippen LogP contribution in [0.4, 0.5) is 4.79 Å². The van der Waals surface area contributed by atoms with Crippen LogP contribution in [0.15, 0.2) is 52.9 Å². The van der Waals surface area contributed by atoms with Crippen molar-refractivity contribution in [3.63, 3.8) is 0 Å². The van der Waals surface area contributed by atoms with Gasteiger partial charge in [0.2, 0.25) is 5.91 Å². The number of rotatable bonds is 5. The molecule has 2 heterocycles. The molecule has 2 N–H and O–H groups in total. The number of benzene rings is 2. The van der Waals surface area contributed by atoms with Crippen LogP contribution in [-0.2, 0) is 28.0 Å². The molecule has 7 heteroatoms. The van der Waals surface area contributed by atoms with Crippen LogP contribution in [-0.4, -0.2) is 29.3 Å². The Morgan fingerprint density at radius 2 is 1.94 bits per heavy atom. The number of urea groups is 1. The Bertz CT molecular complexity index is 1210. The molecule has 0 bridgehead atoms. The Morgan fingerprint density at radius 1 is 1.16 bits per heavy atom. The molecule has 2 atom stereocenters. The number of carbonyl (C=O) groups is 3. The molecule has 32 heavy (non-hydrogen) atoms. The summed E-state index contributed by atoms with van der Waals surface area (Å²) in [4.78, 5) is 39.4. The van der Waals surface area contributed by atoms with Gasteiger partial charge in [0.15, 0.2) is 0 Å². The van der Waals surface area contributed by atoms with Crippen LogP contribution < -0.4 is 10.6 Å². The Morgan fingerprint density at radius 3 is 2.75 bits per heavy atom. The van der Waals surface area contributed by atoms with Crippen LogP contribution in [0.2, 0.25) is 0 Å². The largest absolute Gasteiger partial charge is 0.459 e. The molecule has 1 aromatic heterocycles. The molecule has 2 aliphatic rings. The van der Waals surface area contributed by atoms with E-state index in [1.807, 2.05) is 48.5 Å². The van der Waals surface area contributed by atoms with Crippen molar-refractivity contribution in [1.82, 2.24) is 15.5 Å². The second-order valence-electron chi connectivity index (χ2n) is 8.76. The molecule has 5 rings (SSSR count). The fraction of sp³-hybridized carbons (Fsp3) is 0.320. The Kier molecular flexibility index (Phi) is 4.77. The van der Waals surface area contributed by atoms with Crippen molar-refractivity contribution in [1.29, 1.82) is 0 Å². The molecular weight excluding hydrogens is 406 g/mol. The highest BCUT2D eigenvalue weighted by atomic mass is 16.3. The minimum atomic E-state index is -1.18. The van der Waals surface area contributed by atoms with Crippen molar-refractivity contribution in [2.45, 2.75) is 44.7 Å². The SMILES string of the molecule is C[C@H](NC(=O)CN1C(=O)N[C@@](C)(c2ccc3c(c2)CCC3)C1=O)c1cc2ccccc2o1. The quantitative estimate of drug-likeness (QED) is 0.604. The molecular formula is C25H25N3O4. The van der Waals surface area contributed by atoms with Gasteiger partial charge in [0, 0.05) is 5.39 Å². The number of nitrogens with one attached hydrogen (secondary N) is 2. The van der Waals surface area contributed by atoms with Gasteiger partial charge >= 0.3 is 6.03 Å². The average Bonchev–Trinajstić information content (AvgIpc) is 3.47. The molecule has 164 valence electrons. The van der Waals surface area contributed by atoms with Crippen LogP contribution in [0.3, 0.4) is 0 Å². The zero-order valence-electron chi connectivity index (χ0n) is 18.1. The number of amides is 4. The minimum Gasteiger partial charge on any atom is -0.459 e. The van der Waals surface area contributed by atoms with Gasteiger partial charge in [0.25, 0.3) is 5.91 Å². The summed E-state index contributed by atoms with van der Waals surface area (Å²) in [6.07, 6.45) is 3.13. The van der Waals surface area contributed by atoms with Gasteiger partial charge in [-0.2, -0.15) is 0 Å². The number of furan rings is 1. The predicted molar refractivity (Wildman–Crippen MR) is 119 cm³/mol. The lowest BCUT2D eigenvalue weighted by Crippen LogP contribution is -2.43. The molecule has 1 saturated heterocycles. The second kappa shape index (κ2) is 7.51. The van der Waals surface area contributed by atoms with Gasteiger partial charge in [0.05, 0.1) is 6.04 Å². The van der Waals surface area contributed by atoms with E-state index < -0.39 is 29.4 Å². The lowest BCUT2D eigenvalue weighted by atomic mass is 9.89. The number of aryl methyl sites for hydroxylation is 2. The van der Waals surface area contributed by atoms with Crippen LogP contribution in [0.5, 0.6) is 0 Å². The molecule has 4 amide bonds. The number of fused-ring (bicyclic) bond motifs is 2. The Labute approximate surface area is 185 Å². The maximum Gasteiger partial charge on any atom is 0.325 e. The van der Waals surface area contributed by atoms with Crippen LogP contribution in [0.25, 0.3) is 11.0 Å². The van der Waals surface area contributed by atoms with Crippen molar-refractivity contribution >= 4 is 28.8 Å². The topological polar surface area (TPSA) is 91.7 Å². The Hall–Kier alpha value is -3.61. The number of hydrogen-bond acceptors (Lipinski definition) is 4. The monoisotopic (exact) mass is 431 g/mol. The van der Waals surface area contributed by atoms with E-state index in [0.717, 1.165) is 40.7 Å². The van der Waals surface area contributed by atoms with E-state index in [0.29, 0.717) is 5.76 Å². The fourth-order valence-corrected chi connectivity index (χ4v) is 4.64. The fourth-order valence-electron chi connectivity index (χ4n) is 4.64. The summed E-state index contributed by atoms with van der Waals surface area (Å²) < 4.78 is 5.80. The van der Waals surface area contributed by atoms with Gasteiger partial charge in [-0.15, -0.1) is 0 Å².